The van der Waals surface area contributed by atoms with Crippen LogP contribution in [-0.2, 0) is 17.1 Å². The second kappa shape index (κ2) is 10.9. The third kappa shape index (κ3) is 6.75. The van der Waals surface area contributed by atoms with Crippen molar-refractivity contribution in [3.63, 3.8) is 0 Å². The van der Waals surface area contributed by atoms with Gasteiger partial charge in [0.05, 0.1) is 11.1 Å². The lowest BCUT2D eigenvalue weighted by molar-refractivity contribution is -0.143. The molecule has 2 atom stereocenters. The number of rotatable bonds is 6. The monoisotopic (exact) mass is 587 g/mol. The number of alkyl halides is 6. The van der Waals surface area contributed by atoms with Gasteiger partial charge in [-0.15, -0.1) is 0 Å². The Morgan fingerprint density at radius 3 is 1.95 bits per heavy atom. The maximum Gasteiger partial charge on any atom is 0.416 e. The summed E-state index contributed by atoms with van der Waals surface area (Å²) in [5.41, 5.74) is -2.66. The number of benzene rings is 1. The van der Waals surface area contributed by atoms with Gasteiger partial charge in [0.1, 0.15) is 0 Å². The molecule has 2 unspecified atom stereocenters. The molecule has 1 heterocycles. The zero-order chi connectivity index (χ0) is 30.5. The quantitative estimate of drug-likeness (QED) is 0.288. The van der Waals surface area contributed by atoms with Crippen molar-refractivity contribution in [2.24, 2.45) is 22.7 Å². The topological polar surface area (TPSA) is 43.9 Å². The largest absolute Gasteiger partial charge is 0.416 e. The average molecular weight is 588 g/mol. The minimum Gasteiger partial charge on any atom is -0.337 e. The van der Waals surface area contributed by atoms with Crippen LogP contribution in [0.5, 0.6) is 0 Å². The molecule has 0 radical (unpaired) electrons. The lowest BCUT2D eigenvalue weighted by atomic mass is 9.49. The minimum absolute atomic E-state index is 0.0208. The molecule has 1 aromatic carbocycles. The molecule has 0 aromatic heterocycles. The van der Waals surface area contributed by atoms with Crippen molar-refractivity contribution < 1.29 is 35.9 Å². The molecule has 228 valence electrons. The van der Waals surface area contributed by atoms with Crippen molar-refractivity contribution in [3.05, 3.63) is 46.5 Å². The van der Waals surface area contributed by atoms with Crippen molar-refractivity contribution in [1.82, 2.24) is 14.7 Å². The van der Waals surface area contributed by atoms with E-state index in [1.54, 1.807) is 0 Å². The van der Waals surface area contributed by atoms with Gasteiger partial charge in [-0.3, -0.25) is 14.5 Å². The molecule has 5 rings (SSSR count). The highest BCUT2D eigenvalue weighted by molar-refractivity contribution is 5.94. The van der Waals surface area contributed by atoms with Crippen LogP contribution in [0.3, 0.4) is 0 Å². The van der Waals surface area contributed by atoms with Crippen LogP contribution in [-0.4, -0.2) is 72.3 Å². The van der Waals surface area contributed by atoms with Crippen LogP contribution in [0.15, 0.2) is 29.8 Å². The number of allylic oxidation sites excluding steroid dienone is 1. The third-order valence-electron chi connectivity index (χ3n) is 9.07. The van der Waals surface area contributed by atoms with Gasteiger partial charge < -0.3 is 9.80 Å². The number of hydrogen-bond acceptors (Lipinski definition) is 3. The van der Waals surface area contributed by atoms with Gasteiger partial charge in [0.15, 0.2) is 0 Å². The summed E-state index contributed by atoms with van der Waals surface area (Å²) in [5, 5.41) is 0. The predicted molar refractivity (Wildman–Crippen MR) is 143 cm³/mol. The first kappa shape index (κ1) is 31.4. The minimum atomic E-state index is -5.02. The molecule has 1 saturated heterocycles. The first-order valence-corrected chi connectivity index (χ1v) is 14.1. The Labute approximate surface area is 237 Å². The molecule has 11 heteroatoms. The Balaban J connectivity index is 1.39. The van der Waals surface area contributed by atoms with Crippen molar-refractivity contribution >= 4 is 11.8 Å². The first-order valence-electron chi connectivity index (χ1n) is 14.1. The van der Waals surface area contributed by atoms with Crippen LogP contribution in [0, 0.1) is 22.7 Å². The summed E-state index contributed by atoms with van der Waals surface area (Å²) < 4.78 is 79.5. The van der Waals surface area contributed by atoms with Gasteiger partial charge in [0, 0.05) is 56.8 Å². The molecular weight excluding hydrogens is 548 g/mol. The molecule has 2 fully saturated rings. The van der Waals surface area contributed by atoms with Crippen LogP contribution in [0.1, 0.15) is 68.9 Å². The third-order valence-corrected chi connectivity index (χ3v) is 9.07. The number of fused-ring (bicyclic) bond motifs is 1. The van der Waals surface area contributed by atoms with Gasteiger partial charge in [-0.25, -0.2) is 0 Å². The van der Waals surface area contributed by atoms with Crippen LogP contribution >= 0.6 is 0 Å². The molecule has 2 amide bonds. The van der Waals surface area contributed by atoms with E-state index in [0.29, 0.717) is 56.7 Å². The lowest BCUT2D eigenvalue weighted by Gasteiger charge is -2.57. The van der Waals surface area contributed by atoms with Crippen molar-refractivity contribution in [3.8, 4) is 0 Å². The summed E-state index contributed by atoms with van der Waals surface area (Å²) in [6.07, 6.45) is -5.56. The molecule has 0 N–H and O–H groups in total. The molecule has 5 nitrogen and oxygen atoms in total. The molecule has 3 aliphatic carbocycles. The van der Waals surface area contributed by atoms with E-state index in [9.17, 15) is 35.9 Å². The van der Waals surface area contributed by atoms with Crippen LogP contribution in [0.2, 0.25) is 0 Å². The van der Waals surface area contributed by atoms with Gasteiger partial charge in [-0.05, 0) is 48.3 Å². The second-order valence-corrected chi connectivity index (χ2v) is 13.2. The fourth-order valence-electron chi connectivity index (χ4n) is 6.30. The van der Waals surface area contributed by atoms with E-state index in [0.717, 1.165) is 12.8 Å². The molecule has 1 saturated carbocycles. The van der Waals surface area contributed by atoms with Crippen LogP contribution < -0.4 is 0 Å². The fraction of sp³-hybridized carbons (Fsp3) is 0.667. The highest BCUT2D eigenvalue weighted by atomic mass is 19.4. The molecule has 1 aromatic rings. The Morgan fingerprint density at radius 2 is 1.49 bits per heavy atom. The van der Waals surface area contributed by atoms with Gasteiger partial charge in [-0.1, -0.05) is 46.3 Å². The lowest BCUT2D eigenvalue weighted by Crippen LogP contribution is -2.53. The summed E-state index contributed by atoms with van der Waals surface area (Å²) in [7, 11) is 0. The number of amides is 2. The van der Waals surface area contributed by atoms with E-state index >= 15 is 0 Å². The number of hydrogen-bond donors (Lipinski definition) is 0. The first-order chi connectivity index (χ1) is 18.8. The molecular formula is C30H39F6N3O2. The standard InChI is InChI=1S/C30H39F6N3O2/c1-27(2,3)26(41)39(18-19-6-7-21-17-24(19)28(21,4)5)13-10-37-8-11-38(12-9-37)25(40)20-14-22(29(31,32)33)16-23(15-20)30(34,35)36/h6,14-16,21,24H,7-13,17-18H2,1-5H3. The SMILES string of the molecule is CC(C)(C)C(=O)N(CCN1CCN(C(=O)c2cc(C(F)(F)F)cc(C(F)(F)F)c2)CC1)CC1=CCC2CC1C2(C)C. The summed E-state index contributed by atoms with van der Waals surface area (Å²) in [6.45, 7) is 13.0. The van der Waals surface area contributed by atoms with E-state index in [1.165, 1.54) is 10.5 Å². The van der Waals surface area contributed by atoms with E-state index in [-0.39, 0.29) is 30.5 Å². The average Bonchev–Trinajstić information content (AvgIpc) is 2.88. The van der Waals surface area contributed by atoms with Gasteiger partial charge in [0.25, 0.3) is 5.91 Å². The number of piperazine rings is 1. The highest BCUT2D eigenvalue weighted by Crippen LogP contribution is 2.59. The normalized spacial score (nSPS) is 23.1. The zero-order valence-corrected chi connectivity index (χ0v) is 24.3. The maximum absolute atomic E-state index is 13.4. The Kier molecular flexibility index (Phi) is 8.37. The molecule has 41 heavy (non-hydrogen) atoms. The van der Waals surface area contributed by atoms with E-state index in [4.69, 9.17) is 0 Å². The maximum atomic E-state index is 13.4. The number of nitrogens with zero attached hydrogens (tertiary/aromatic N) is 3. The van der Waals surface area contributed by atoms with Crippen LogP contribution in [0.4, 0.5) is 26.3 Å². The van der Waals surface area contributed by atoms with Crippen LogP contribution in [0.25, 0.3) is 0 Å². The number of halogens is 6. The predicted octanol–water partition coefficient (Wildman–Crippen LogP) is 6.35. The van der Waals surface area contributed by atoms with Crippen molar-refractivity contribution in [2.75, 3.05) is 45.8 Å². The highest BCUT2D eigenvalue weighted by Gasteiger charge is 2.51. The molecule has 1 aliphatic heterocycles. The summed E-state index contributed by atoms with van der Waals surface area (Å²) in [5.74, 6) is 0.353. The smallest absolute Gasteiger partial charge is 0.337 e. The molecule has 0 spiro atoms. The van der Waals surface area contributed by atoms with E-state index in [2.05, 4.69) is 24.8 Å². The Morgan fingerprint density at radius 1 is 0.927 bits per heavy atom. The van der Waals surface area contributed by atoms with Crippen molar-refractivity contribution in [1.29, 1.82) is 0 Å². The van der Waals surface area contributed by atoms with Gasteiger partial charge in [0.2, 0.25) is 5.91 Å². The fourth-order valence-corrected chi connectivity index (χ4v) is 6.30. The number of carbonyl (C=O) groups is 2. The summed E-state index contributed by atoms with van der Waals surface area (Å²) >= 11 is 0. The Hall–Kier alpha value is -2.56. The van der Waals surface area contributed by atoms with E-state index < -0.39 is 40.4 Å². The molecule has 2 bridgehead atoms. The van der Waals surface area contributed by atoms with Gasteiger partial charge >= 0.3 is 12.4 Å². The second-order valence-electron chi connectivity index (χ2n) is 13.2. The Bertz CT molecular complexity index is 1160. The van der Waals surface area contributed by atoms with Crippen molar-refractivity contribution in [2.45, 2.75) is 59.8 Å². The molecule has 4 aliphatic rings. The summed E-state index contributed by atoms with van der Waals surface area (Å²) in [4.78, 5) is 31.6. The summed E-state index contributed by atoms with van der Waals surface area (Å²) in [6, 6.07) is 0.976. The van der Waals surface area contributed by atoms with E-state index in [1.807, 2.05) is 25.7 Å². The zero-order valence-electron chi connectivity index (χ0n) is 24.3. The number of carbonyl (C=O) groups excluding carboxylic acids is 2. The van der Waals surface area contributed by atoms with Gasteiger partial charge in [-0.2, -0.15) is 26.3 Å².